The minimum absolute atomic E-state index is 0.0135. The lowest BCUT2D eigenvalue weighted by Crippen LogP contribution is -2.21. The van der Waals surface area contributed by atoms with E-state index in [2.05, 4.69) is 10.3 Å². The second-order valence-electron chi connectivity index (χ2n) is 7.13. The van der Waals surface area contributed by atoms with Crippen LogP contribution in [0.1, 0.15) is 23.2 Å². The molecule has 1 aliphatic heterocycles. The van der Waals surface area contributed by atoms with Crippen LogP contribution < -0.4 is 15.0 Å². The Morgan fingerprint density at radius 2 is 2.00 bits per heavy atom. The Kier molecular flexibility index (Phi) is 6.17. The average Bonchev–Trinajstić information content (AvgIpc) is 3.46. The Labute approximate surface area is 186 Å². The molecule has 11 heteroatoms. The van der Waals surface area contributed by atoms with Gasteiger partial charge < -0.3 is 14.4 Å². The van der Waals surface area contributed by atoms with Crippen molar-refractivity contribution in [2.24, 2.45) is 0 Å². The van der Waals surface area contributed by atoms with Crippen molar-refractivity contribution in [2.45, 2.75) is 12.8 Å². The number of nitro groups is 1. The van der Waals surface area contributed by atoms with Gasteiger partial charge in [0.15, 0.2) is 11.7 Å². The molecule has 0 saturated carbocycles. The fraction of sp³-hybridized carbons (Fsp3) is 0.286. The molecule has 2 heterocycles. The van der Waals surface area contributed by atoms with Gasteiger partial charge in [-0.3, -0.25) is 20.2 Å². The zero-order valence-electron chi connectivity index (χ0n) is 17.2. The molecule has 10 nitrogen and oxygen atoms in total. The number of methoxy groups -OCH3 is 1. The average molecular weight is 456 g/mol. The van der Waals surface area contributed by atoms with Gasteiger partial charge in [0, 0.05) is 19.2 Å². The maximum absolute atomic E-state index is 12.4. The van der Waals surface area contributed by atoms with E-state index < -0.39 is 23.4 Å². The standard InChI is InChI=1S/C21H20N4O6S/c1-30-14-5-6-15-18(11-14)32-21(22-15)23-19(26)12-31-20(27)13-4-7-16(17(10-13)25(28)29)24-8-2-3-9-24/h4-7,10-11H,2-3,8-9,12H2,1H3,(H,22,23,26). The van der Waals surface area contributed by atoms with Crippen LogP contribution in [0, 0.1) is 10.1 Å². The second kappa shape index (κ2) is 9.18. The molecule has 1 aliphatic rings. The van der Waals surface area contributed by atoms with E-state index in [0.717, 1.165) is 30.6 Å². The minimum atomic E-state index is -0.815. The van der Waals surface area contributed by atoms with Gasteiger partial charge in [-0.15, -0.1) is 0 Å². The number of hydrogen-bond acceptors (Lipinski definition) is 9. The predicted octanol–water partition coefficient (Wildman–Crippen LogP) is 3.61. The van der Waals surface area contributed by atoms with Gasteiger partial charge in [-0.1, -0.05) is 11.3 Å². The number of anilines is 2. The van der Waals surface area contributed by atoms with Crippen LogP contribution in [0.2, 0.25) is 0 Å². The number of fused-ring (bicyclic) bond motifs is 1. The topological polar surface area (TPSA) is 124 Å². The fourth-order valence-electron chi connectivity index (χ4n) is 3.48. The molecule has 1 amide bonds. The van der Waals surface area contributed by atoms with Crippen LogP contribution in [0.15, 0.2) is 36.4 Å². The number of nitrogens with one attached hydrogen (secondary N) is 1. The highest BCUT2D eigenvalue weighted by Crippen LogP contribution is 2.32. The van der Waals surface area contributed by atoms with Crippen molar-refractivity contribution in [1.29, 1.82) is 0 Å². The molecule has 1 N–H and O–H groups in total. The van der Waals surface area contributed by atoms with Crippen LogP contribution in [-0.2, 0) is 9.53 Å². The molecular formula is C21H20N4O6S. The number of nitro benzene ring substituents is 1. The van der Waals surface area contributed by atoms with Crippen LogP contribution in [0.5, 0.6) is 5.75 Å². The molecule has 1 aromatic heterocycles. The van der Waals surface area contributed by atoms with Crippen LogP contribution in [0.4, 0.5) is 16.5 Å². The van der Waals surface area contributed by atoms with Gasteiger partial charge in [0.05, 0.1) is 27.8 Å². The van der Waals surface area contributed by atoms with E-state index in [1.807, 2.05) is 4.90 Å². The van der Waals surface area contributed by atoms with Crippen LogP contribution in [0.25, 0.3) is 10.2 Å². The first-order chi connectivity index (χ1) is 15.4. The van der Waals surface area contributed by atoms with Gasteiger partial charge in [0.1, 0.15) is 11.4 Å². The van der Waals surface area contributed by atoms with Gasteiger partial charge >= 0.3 is 5.97 Å². The Morgan fingerprint density at radius 1 is 1.22 bits per heavy atom. The second-order valence-corrected chi connectivity index (χ2v) is 8.16. The zero-order chi connectivity index (χ0) is 22.7. The highest BCUT2D eigenvalue weighted by atomic mass is 32.1. The molecule has 0 bridgehead atoms. The molecule has 0 atom stereocenters. The third-order valence-corrected chi connectivity index (χ3v) is 5.96. The van der Waals surface area contributed by atoms with Crippen LogP contribution in [0.3, 0.4) is 0 Å². The van der Waals surface area contributed by atoms with Gasteiger partial charge in [0.25, 0.3) is 11.6 Å². The molecule has 0 aliphatic carbocycles. The van der Waals surface area contributed by atoms with Crippen molar-refractivity contribution in [3.63, 3.8) is 0 Å². The number of hydrogen-bond donors (Lipinski definition) is 1. The number of thiazole rings is 1. The largest absolute Gasteiger partial charge is 0.497 e. The quantitative estimate of drug-likeness (QED) is 0.325. The molecule has 2 aromatic carbocycles. The number of amides is 1. The molecule has 32 heavy (non-hydrogen) atoms. The van der Waals surface area contributed by atoms with Crippen molar-refractivity contribution in [3.8, 4) is 5.75 Å². The van der Waals surface area contributed by atoms with Gasteiger partial charge in [0.2, 0.25) is 0 Å². The van der Waals surface area contributed by atoms with Gasteiger partial charge in [-0.2, -0.15) is 0 Å². The minimum Gasteiger partial charge on any atom is -0.497 e. The summed E-state index contributed by atoms with van der Waals surface area (Å²) in [4.78, 5) is 41.7. The lowest BCUT2D eigenvalue weighted by molar-refractivity contribution is -0.384. The van der Waals surface area contributed by atoms with Crippen molar-refractivity contribution in [3.05, 3.63) is 52.1 Å². The summed E-state index contributed by atoms with van der Waals surface area (Å²) >= 11 is 1.26. The number of esters is 1. The Bertz CT molecular complexity index is 1190. The summed E-state index contributed by atoms with van der Waals surface area (Å²) in [5.41, 5.74) is 1.04. The highest BCUT2D eigenvalue weighted by Gasteiger charge is 2.24. The molecule has 0 radical (unpaired) electrons. The lowest BCUT2D eigenvalue weighted by atomic mass is 10.1. The van der Waals surface area contributed by atoms with E-state index in [4.69, 9.17) is 9.47 Å². The Hall–Kier alpha value is -3.73. The van der Waals surface area contributed by atoms with E-state index in [-0.39, 0.29) is 11.3 Å². The number of carbonyl (C=O) groups excluding carboxylic acids is 2. The zero-order valence-corrected chi connectivity index (χ0v) is 18.0. The SMILES string of the molecule is COc1ccc2nc(NC(=O)COC(=O)c3ccc(N4CCCC4)c([N+](=O)[O-])c3)sc2c1. The van der Waals surface area contributed by atoms with E-state index in [9.17, 15) is 19.7 Å². The summed E-state index contributed by atoms with van der Waals surface area (Å²) in [5, 5.41) is 14.4. The summed E-state index contributed by atoms with van der Waals surface area (Å²) < 4.78 is 11.0. The maximum atomic E-state index is 12.4. The molecule has 166 valence electrons. The number of aromatic nitrogens is 1. The third-order valence-electron chi connectivity index (χ3n) is 5.03. The molecule has 1 saturated heterocycles. The number of benzene rings is 2. The molecule has 3 aromatic rings. The maximum Gasteiger partial charge on any atom is 0.338 e. The third kappa shape index (κ3) is 4.62. The normalized spacial score (nSPS) is 13.2. The van der Waals surface area contributed by atoms with E-state index in [1.165, 1.54) is 23.5 Å². The highest BCUT2D eigenvalue weighted by molar-refractivity contribution is 7.22. The van der Waals surface area contributed by atoms with Crippen molar-refractivity contribution < 1.29 is 24.0 Å². The van der Waals surface area contributed by atoms with Gasteiger partial charge in [-0.25, -0.2) is 9.78 Å². The van der Waals surface area contributed by atoms with E-state index in [0.29, 0.717) is 22.1 Å². The first-order valence-corrected chi connectivity index (χ1v) is 10.7. The number of carbonyl (C=O) groups is 2. The Balaban J connectivity index is 1.39. The predicted molar refractivity (Wildman–Crippen MR) is 120 cm³/mol. The lowest BCUT2D eigenvalue weighted by Gasteiger charge is -2.17. The molecule has 0 spiro atoms. The summed E-state index contributed by atoms with van der Waals surface area (Å²) in [6.45, 7) is 0.937. The summed E-state index contributed by atoms with van der Waals surface area (Å²) in [6, 6.07) is 9.57. The Morgan fingerprint density at radius 3 is 2.72 bits per heavy atom. The smallest absolute Gasteiger partial charge is 0.338 e. The molecule has 4 rings (SSSR count). The van der Waals surface area contributed by atoms with Crippen LogP contribution in [-0.4, -0.2) is 48.6 Å². The van der Waals surface area contributed by atoms with Crippen molar-refractivity contribution >= 4 is 49.9 Å². The summed E-state index contributed by atoms with van der Waals surface area (Å²) in [6.07, 6.45) is 1.94. The first-order valence-electron chi connectivity index (χ1n) is 9.89. The number of ether oxygens (including phenoxy) is 2. The molecular weight excluding hydrogens is 436 g/mol. The summed E-state index contributed by atoms with van der Waals surface area (Å²) in [7, 11) is 1.56. The van der Waals surface area contributed by atoms with Gasteiger partial charge in [-0.05, 0) is 43.2 Å². The monoisotopic (exact) mass is 456 g/mol. The molecule has 1 fully saturated rings. The van der Waals surface area contributed by atoms with Crippen molar-refractivity contribution in [2.75, 3.05) is 37.0 Å². The first kappa shape index (κ1) is 21.5. The summed E-state index contributed by atoms with van der Waals surface area (Å²) in [5.74, 6) is -0.699. The van der Waals surface area contributed by atoms with E-state index in [1.54, 1.807) is 31.4 Å². The van der Waals surface area contributed by atoms with Crippen LogP contribution >= 0.6 is 11.3 Å². The molecule has 0 unspecified atom stereocenters. The van der Waals surface area contributed by atoms with E-state index >= 15 is 0 Å². The number of nitrogens with zero attached hydrogens (tertiary/aromatic N) is 3. The number of rotatable bonds is 7. The fourth-order valence-corrected chi connectivity index (χ4v) is 4.39. The van der Waals surface area contributed by atoms with Crippen molar-refractivity contribution in [1.82, 2.24) is 4.98 Å².